The zero-order valence-electron chi connectivity index (χ0n) is 49.0. The van der Waals surface area contributed by atoms with Crippen LogP contribution in [0.1, 0.15) is 55.1 Å². The van der Waals surface area contributed by atoms with E-state index in [2.05, 4.69) is 51.5 Å². The molecule has 0 saturated carbocycles. The maximum Gasteiger partial charge on any atom is 0.404 e. The van der Waals surface area contributed by atoms with E-state index in [0.29, 0.717) is 23.1 Å². The number of thioether (sulfide) groups is 1. The molecule has 2 saturated heterocycles. The molecule has 4 aliphatic rings. The molecule has 37 nitrogen and oxygen atoms in total. The van der Waals surface area contributed by atoms with E-state index in [4.69, 9.17) is 37.1 Å². The number of nitrogen functional groups attached to an aromatic ring is 1. The number of allylic oxidation sites excluding steroid dienone is 2. The van der Waals surface area contributed by atoms with Gasteiger partial charge < -0.3 is 99.1 Å². The Labute approximate surface area is 522 Å². The Morgan fingerprint density at radius 2 is 1.57 bits per heavy atom. The van der Waals surface area contributed by atoms with Crippen molar-refractivity contribution in [2.45, 2.75) is 99.0 Å². The molecule has 3 aromatic heterocycles. The number of nitrogens with two attached hydrogens (primary N) is 4. The van der Waals surface area contributed by atoms with E-state index in [9.17, 15) is 83.1 Å². The van der Waals surface area contributed by atoms with Crippen LogP contribution in [0.2, 0.25) is 0 Å². The third-order valence-electron chi connectivity index (χ3n) is 15.4. The zero-order valence-corrected chi connectivity index (χ0v) is 49.8. The lowest BCUT2D eigenvalue weighted by Gasteiger charge is -2.41. The number of benzene rings is 1. The molecule has 8 atom stereocenters. The first kappa shape index (κ1) is 66.9. The van der Waals surface area contributed by atoms with E-state index in [1.54, 1.807) is 0 Å². The van der Waals surface area contributed by atoms with E-state index in [0.717, 1.165) is 10.6 Å². The first-order chi connectivity index (χ1) is 43.6. The van der Waals surface area contributed by atoms with Crippen LogP contribution >= 0.6 is 11.8 Å². The van der Waals surface area contributed by atoms with Gasteiger partial charge in [0.2, 0.25) is 47.0 Å². The number of rotatable bonds is 30. The number of aliphatic carboxylic acids is 3. The number of primary amides is 1. The minimum atomic E-state index is -2.00. The first-order valence-electron chi connectivity index (χ1n) is 27.8. The summed E-state index contributed by atoms with van der Waals surface area (Å²) in [5.74, 6) is -14.9. The number of guanidine groups is 1. The molecular formula is C54H63N17O20S. The van der Waals surface area contributed by atoms with Crippen molar-refractivity contribution < 1.29 is 92.5 Å². The number of carboxylic acids is 3. The molecule has 1 aliphatic carbocycles. The van der Waals surface area contributed by atoms with Crippen LogP contribution in [0.15, 0.2) is 73.8 Å². The van der Waals surface area contributed by atoms with Gasteiger partial charge in [0.1, 0.15) is 43.4 Å². The number of Topliss-reactive ketones (excluding diaryl/α,β-unsaturated/α-hetero) is 2. The highest BCUT2D eigenvalue weighted by atomic mass is 32.2. The molecule has 0 bridgehead atoms. The summed E-state index contributed by atoms with van der Waals surface area (Å²) in [6.07, 6.45) is -2.32. The number of ether oxygens (including phenoxy) is 3. The van der Waals surface area contributed by atoms with Gasteiger partial charge in [0.25, 0.3) is 11.5 Å². The molecule has 8 unspecified atom stereocenters. The summed E-state index contributed by atoms with van der Waals surface area (Å²) in [6.45, 7) is 0.102. The lowest BCUT2D eigenvalue weighted by atomic mass is 9.83. The number of aromatic hydroxyl groups is 2. The average Bonchev–Trinajstić information content (AvgIpc) is 1.49. The molecule has 1 aromatic carbocycles. The van der Waals surface area contributed by atoms with Crippen LogP contribution in [0.25, 0.3) is 11.2 Å². The van der Waals surface area contributed by atoms with E-state index in [1.807, 2.05) is 0 Å². The van der Waals surface area contributed by atoms with Gasteiger partial charge >= 0.3 is 24.0 Å². The quantitative estimate of drug-likeness (QED) is 0.00595. The number of carbonyl (C=O) groups excluding carboxylic acids is 8. The van der Waals surface area contributed by atoms with Gasteiger partial charge in [-0.1, -0.05) is 0 Å². The van der Waals surface area contributed by atoms with Gasteiger partial charge in [0, 0.05) is 60.8 Å². The number of carbonyl (C=O) groups is 11. The van der Waals surface area contributed by atoms with Crippen LogP contribution in [0, 0.1) is 5.92 Å². The number of carboxylic acid groups (broad SMARTS) is 3. The Kier molecular flexibility index (Phi) is 20.2. The molecule has 19 N–H and O–H groups in total. The van der Waals surface area contributed by atoms with E-state index < -0.39 is 168 Å². The van der Waals surface area contributed by atoms with E-state index in [-0.39, 0.29) is 88.6 Å². The molecule has 3 aliphatic heterocycles. The minimum Gasteiger partial charge on any atom is -0.494 e. The van der Waals surface area contributed by atoms with Crippen LogP contribution in [0.4, 0.5) is 16.4 Å². The van der Waals surface area contributed by atoms with Gasteiger partial charge in [0.05, 0.1) is 54.5 Å². The van der Waals surface area contributed by atoms with Crippen molar-refractivity contribution >= 4 is 106 Å². The fourth-order valence-corrected chi connectivity index (χ4v) is 12.1. The number of hydrogen-bond donors (Lipinski definition) is 15. The topological polar surface area (TPSA) is 576 Å². The largest absolute Gasteiger partial charge is 0.494 e. The molecule has 4 aromatic rings. The highest BCUT2D eigenvalue weighted by Gasteiger charge is 2.77. The minimum absolute atomic E-state index is 0.000660. The molecule has 92 heavy (non-hydrogen) atoms. The number of nitrogens with one attached hydrogen (secondary N) is 6. The number of piperazine rings is 1. The van der Waals surface area contributed by atoms with E-state index >= 15 is 0 Å². The van der Waals surface area contributed by atoms with Crippen molar-refractivity contribution in [3.63, 3.8) is 0 Å². The Bertz CT molecular complexity index is 3850. The second-order valence-electron chi connectivity index (χ2n) is 21.2. The van der Waals surface area contributed by atoms with Crippen LogP contribution < -0.4 is 55.1 Å². The van der Waals surface area contributed by atoms with Crippen LogP contribution in [-0.4, -0.2) is 213 Å². The molecule has 2 fully saturated rings. The van der Waals surface area contributed by atoms with Crippen molar-refractivity contribution in [1.29, 1.82) is 0 Å². The second kappa shape index (κ2) is 27.8. The van der Waals surface area contributed by atoms with E-state index in [1.165, 1.54) is 61.4 Å². The lowest BCUT2D eigenvalue weighted by molar-refractivity contribution is -0.153. The summed E-state index contributed by atoms with van der Waals surface area (Å²) in [5, 5.41) is 64.3. The highest BCUT2D eigenvalue weighted by Crippen LogP contribution is 2.60. The highest BCUT2D eigenvalue weighted by molar-refractivity contribution is 7.99. The molecule has 8 rings (SSSR count). The fraction of sp³-hybridized carbons (Fsp3) is 0.407. The van der Waals surface area contributed by atoms with Gasteiger partial charge in [-0.15, -0.1) is 11.8 Å². The Morgan fingerprint density at radius 1 is 0.880 bits per heavy atom. The summed E-state index contributed by atoms with van der Waals surface area (Å²) < 4.78 is 17.2. The molecule has 6 heterocycles. The van der Waals surface area contributed by atoms with Gasteiger partial charge in [-0.05, 0) is 50.5 Å². The molecule has 0 spiro atoms. The lowest BCUT2D eigenvalue weighted by Crippen LogP contribution is -2.56. The summed E-state index contributed by atoms with van der Waals surface area (Å²) >= 11 is 0.573. The molecule has 490 valence electrons. The number of aromatic nitrogens is 5. The van der Waals surface area contributed by atoms with Crippen LogP contribution in [0.5, 0.6) is 11.8 Å². The number of hydrogen-bond acceptors (Lipinski definition) is 25. The van der Waals surface area contributed by atoms with Crippen LogP contribution in [0.3, 0.4) is 0 Å². The number of fused-ring (bicyclic) bond motifs is 5. The third kappa shape index (κ3) is 14.2. The number of aliphatic imine (C=N–C) groups is 1. The van der Waals surface area contributed by atoms with Gasteiger partial charge in [-0.3, -0.25) is 57.7 Å². The molecule has 6 amide bonds. The number of methoxy groups -OCH3 is 2. The van der Waals surface area contributed by atoms with Gasteiger partial charge in [-0.2, -0.15) is 4.98 Å². The fourth-order valence-electron chi connectivity index (χ4n) is 11.1. The maximum absolute atomic E-state index is 14.1. The zero-order chi connectivity index (χ0) is 67.2. The van der Waals surface area contributed by atoms with Crippen molar-refractivity contribution in [2.24, 2.45) is 28.1 Å². The third-order valence-corrected chi connectivity index (χ3v) is 16.5. The summed E-state index contributed by atoms with van der Waals surface area (Å²) in [5.41, 5.74) is 20.3. The van der Waals surface area contributed by atoms with Gasteiger partial charge in [0.15, 0.2) is 34.5 Å². The van der Waals surface area contributed by atoms with Crippen molar-refractivity contribution in [2.75, 3.05) is 50.7 Å². The average molecular weight is 1300 g/mol. The predicted molar refractivity (Wildman–Crippen MR) is 315 cm³/mol. The van der Waals surface area contributed by atoms with Crippen molar-refractivity contribution in [1.82, 2.24) is 55.6 Å². The monoisotopic (exact) mass is 1300 g/mol. The standard InChI is InChI=1S/C54H63N17O20S/c1-21-39(77)38-36(40(78)41(21)89-2)25(19-91-53(58)88)54(90-3)42-30(17-70(38)54)71(42)34(74)18-69-33(73)14-31(48(69)83)92-20-29(50(86)87)66-46(81)28(13-35(75)76)65-45(80)26(5-4-12-59-51(55)56)63-32(72)11-10-27(49(84)85)64-44(79)22-6-8-23(9-7-22)60-15-24-16-61-43-37(62-24)47(82)68-52(57)67-43/h6-9,14,16,25-30,42,60,73,83H,4-5,10-13,15,17-20H2,1-3H3,(H2,58,88)(H,63,72)(H,64,79)(H,65,80)(H,66,81)(H,75,76)(H,84,85)(H,86,87)(H4,55,56,59)(H3,57,61,67,68,82). The number of nitrogens with zero attached hydrogens (tertiary/aromatic N) is 7. The van der Waals surface area contributed by atoms with Crippen LogP contribution in [-0.2, 0) is 70.5 Å². The number of amides is 6. The van der Waals surface area contributed by atoms with Gasteiger partial charge in [-0.25, -0.2) is 24.4 Å². The van der Waals surface area contributed by atoms with Crippen molar-refractivity contribution in [3.8, 4) is 11.8 Å². The Hall–Kier alpha value is -11.1. The SMILES string of the molecule is COC1=C(C)C(=O)C2=C(C1=O)C(COC(N)=O)C1(OC)C3C(CN21)N3C(=O)Cn1c(O)cc(SCC(NC(=O)C(CC(=O)O)NC(=O)C(CCCN=C(N)N)NC(=O)CCC(NC(=O)c2ccc(NCc3cnc4nc(N)[nH]c(=O)c4n3)cc2)C(=O)O)C(=O)O)c1O. The summed E-state index contributed by atoms with van der Waals surface area (Å²) in [4.78, 5) is 178. The number of ketones is 2. The first-order valence-corrected chi connectivity index (χ1v) is 28.8. The smallest absolute Gasteiger partial charge is 0.404 e. The predicted octanol–water partition coefficient (Wildman–Crippen LogP) is -3.77. The number of aromatic amines is 1. The molecular weight excluding hydrogens is 1240 g/mol. The maximum atomic E-state index is 14.1. The number of anilines is 2. The Morgan fingerprint density at radius 3 is 2.21 bits per heavy atom. The molecule has 0 radical (unpaired) electrons. The second-order valence-corrected chi connectivity index (χ2v) is 22.2. The normalized spacial score (nSPS) is 19.1. The summed E-state index contributed by atoms with van der Waals surface area (Å²) in [7, 11) is 2.48. The Balaban J connectivity index is 0.865. The summed E-state index contributed by atoms with van der Waals surface area (Å²) in [6, 6.07) is -1.90. The van der Waals surface area contributed by atoms with Crippen molar-refractivity contribution in [3.05, 3.63) is 80.7 Å². The molecule has 38 heteroatoms. The number of H-pyrrole nitrogens is 1.